The molecule has 15 aromatic rings. The van der Waals surface area contributed by atoms with Crippen molar-refractivity contribution in [3.63, 3.8) is 0 Å². The Morgan fingerprint density at radius 1 is 0.282 bits per heavy atom. The van der Waals surface area contributed by atoms with E-state index < -0.39 is 10.8 Å². The third-order valence-electron chi connectivity index (χ3n) is 16.8. The van der Waals surface area contributed by atoms with E-state index in [0.717, 1.165) is 161 Å². The lowest BCUT2D eigenvalue weighted by atomic mass is 9.91. The normalized spacial score (nSPS) is 13.4. The van der Waals surface area contributed by atoms with Crippen molar-refractivity contribution in [2.75, 3.05) is 9.80 Å². The number of hydrogen-bond donors (Lipinski definition) is 0. The van der Waals surface area contributed by atoms with E-state index >= 15 is 0 Å². The summed E-state index contributed by atoms with van der Waals surface area (Å²) >= 11 is 0. The van der Waals surface area contributed by atoms with Gasteiger partial charge in [-0.2, -0.15) is 0 Å². The molecule has 85 heavy (non-hydrogen) atoms. The number of para-hydroxylation sites is 4. The van der Waals surface area contributed by atoms with E-state index in [0.29, 0.717) is 0 Å². The highest BCUT2D eigenvalue weighted by molar-refractivity contribution is 8.15. The molecule has 400 valence electrons. The van der Waals surface area contributed by atoms with Crippen LogP contribution in [0.1, 0.15) is 16.7 Å². The second-order valence-corrected chi connectivity index (χ2v) is 23.2. The minimum atomic E-state index is -0.884. The minimum Gasteiger partial charge on any atom is -0.454 e. The van der Waals surface area contributed by atoms with Crippen molar-refractivity contribution in [1.29, 1.82) is 0 Å². The topological polar surface area (TPSA) is 42.0 Å². The highest BCUT2D eigenvalue weighted by Crippen LogP contribution is 2.56. The molecular weight excluding hydrogens is 1060 g/mol. The number of benzene rings is 13. The van der Waals surface area contributed by atoms with Gasteiger partial charge in [-0.05, 0) is 111 Å². The summed E-state index contributed by atoms with van der Waals surface area (Å²) in [6.07, 6.45) is 0. The average molecular weight is 1110 g/mol. The maximum atomic E-state index is 7.65. The van der Waals surface area contributed by atoms with Crippen molar-refractivity contribution in [3.8, 4) is 50.3 Å². The molecule has 0 saturated carbocycles. The number of fused-ring (bicyclic) bond motifs is 12. The molecule has 2 aliphatic heterocycles. The predicted molar refractivity (Wildman–Crippen MR) is 356 cm³/mol. The number of hydrogen-bond acceptors (Lipinski definition) is 5. The van der Waals surface area contributed by atoms with E-state index in [9.17, 15) is 0 Å². The van der Waals surface area contributed by atoms with Gasteiger partial charge < -0.3 is 22.8 Å². The lowest BCUT2D eigenvalue weighted by Gasteiger charge is -2.32. The summed E-state index contributed by atoms with van der Waals surface area (Å²) < 4.78 is 21.6. The molecule has 4 heterocycles. The molecule has 0 saturated heterocycles. The Morgan fingerprint density at radius 2 is 0.682 bits per heavy atom. The maximum absolute atomic E-state index is 7.65. The van der Waals surface area contributed by atoms with Crippen LogP contribution >= 0.6 is 10.8 Å². The molecule has 5 nitrogen and oxygen atoms in total. The first kappa shape index (κ1) is 48.8. The number of anilines is 5. The van der Waals surface area contributed by atoms with Crippen LogP contribution in [0.5, 0.6) is 5.75 Å². The predicted octanol–water partition coefficient (Wildman–Crippen LogP) is 22.1. The summed E-state index contributed by atoms with van der Waals surface area (Å²) in [4.78, 5) is 5.98. The summed E-state index contributed by atoms with van der Waals surface area (Å²) in [5, 5.41) is 8.80. The van der Waals surface area contributed by atoms with E-state index in [-0.39, 0.29) is 0 Å². The lowest BCUT2D eigenvalue weighted by molar-refractivity contribution is 0.655. The van der Waals surface area contributed by atoms with Gasteiger partial charge in [-0.15, -0.1) is 0 Å². The molecule has 2 aromatic heterocycles. The lowest BCUT2D eigenvalue weighted by Crippen LogP contribution is -2.20. The van der Waals surface area contributed by atoms with Crippen LogP contribution in [0.25, 0.3) is 105 Å². The second-order valence-electron chi connectivity index (χ2n) is 21.7. The van der Waals surface area contributed by atoms with Gasteiger partial charge in [-0.3, -0.25) is 0 Å². The van der Waals surface area contributed by atoms with Gasteiger partial charge >= 0.3 is 0 Å². The fourth-order valence-electron chi connectivity index (χ4n) is 12.9. The zero-order valence-electron chi connectivity index (χ0n) is 45.9. The van der Waals surface area contributed by atoms with Gasteiger partial charge in [0, 0.05) is 77.2 Å². The van der Waals surface area contributed by atoms with Crippen molar-refractivity contribution >= 4 is 104 Å². The van der Waals surface area contributed by atoms with Gasteiger partial charge in [0.1, 0.15) is 16.9 Å². The summed E-state index contributed by atoms with van der Waals surface area (Å²) in [6.45, 7) is 0. The number of rotatable bonds is 10. The monoisotopic (exact) mass is 1110 g/mol. The number of nitrogens with zero attached hydrogens (tertiary/aromatic N) is 2. The molecule has 0 bridgehead atoms. The molecule has 0 fully saturated rings. The molecule has 13 aromatic carbocycles. The van der Waals surface area contributed by atoms with E-state index in [4.69, 9.17) is 13.0 Å². The van der Waals surface area contributed by atoms with Crippen LogP contribution in [0.15, 0.2) is 311 Å². The Bertz CT molecular complexity index is 5100. The van der Waals surface area contributed by atoms with Crippen LogP contribution in [0.2, 0.25) is 0 Å². The van der Waals surface area contributed by atoms with Gasteiger partial charge in [0.2, 0.25) is 0 Å². The molecule has 17 rings (SSSR count). The average Bonchev–Trinajstić information content (AvgIpc) is 2.79. The van der Waals surface area contributed by atoms with Gasteiger partial charge in [0.25, 0.3) is 0 Å². The van der Waals surface area contributed by atoms with E-state index in [1.54, 1.807) is 0 Å². The molecule has 2 aliphatic rings. The molecule has 0 aliphatic carbocycles. The molecule has 0 spiro atoms. The third kappa shape index (κ3) is 8.13. The van der Waals surface area contributed by atoms with Gasteiger partial charge in [0.05, 0.1) is 27.6 Å². The van der Waals surface area contributed by atoms with E-state index in [1.807, 2.05) is 12.1 Å². The molecule has 6 heteroatoms. The van der Waals surface area contributed by atoms with Crippen LogP contribution in [0, 0.1) is 0 Å². The molecule has 1 unspecified atom stereocenters. The first-order valence-electron chi connectivity index (χ1n) is 28.7. The fourth-order valence-corrected chi connectivity index (χ4v) is 14.7. The highest BCUT2D eigenvalue weighted by atomic mass is 32.2. The van der Waals surface area contributed by atoms with E-state index in [2.05, 4.69) is 300 Å². The van der Waals surface area contributed by atoms with Crippen LogP contribution in [-0.2, 0) is 0 Å². The summed E-state index contributed by atoms with van der Waals surface area (Å²) in [5.41, 5.74) is 21.3. The van der Waals surface area contributed by atoms with Crippen LogP contribution in [0.3, 0.4) is 0 Å². The second kappa shape index (κ2) is 19.9. The molecule has 0 N–H and O–H groups in total. The quantitative estimate of drug-likeness (QED) is 0.128. The van der Waals surface area contributed by atoms with Crippen molar-refractivity contribution in [1.82, 2.24) is 0 Å². The number of furan rings is 2. The van der Waals surface area contributed by atoms with Crippen molar-refractivity contribution in [2.45, 2.75) is 0 Å². The maximum Gasteiger partial charge on any atom is 0.159 e. The zero-order chi connectivity index (χ0) is 56.0. The molecule has 0 radical (unpaired) electrons. The third-order valence-corrected chi connectivity index (χ3v) is 18.4. The van der Waals surface area contributed by atoms with Gasteiger partial charge in [0.15, 0.2) is 11.2 Å². The minimum absolute atomic E-state index is 0.804. The SMILES string of the molecule is C1=C(N(c2cc(-c3ccccc3)cc(-c3ccccc3)c2)c2cccc3c2oc2ccccc23)c2ccccc2C2=S1Oc1cc(N(c3cc(-c4ccccc4)cc(-c4ccccc4)c3)c3cccc4c3oc3ccccc34)c3ccccc3c12. The van der Waals surface area contributed by atoms with Crippen LogP contribution in [-0.4, -0.2) is 4.86 Å². The first-order valence-corrected chi connectivity index (χ1v) is 30.0. The molecule has 1 atom stereocenters. The smallest absolute Gasteiger partial charge is 0.159 e. The molecular formula is C79H50N2O3S. The van der Waals surface area contributed by atoms with Crippen molar-refractivity contribution < 1.29 is 13.0 Å². The zero-order valence-corrected chi connectivity index (χ0v) is 46.7. The Hall–Kier alpha value is -10.9. The van der Waals surface area contributed by atoms with Crippen molar-refractivity contribution in [3.05, 3.63) is 319 Å². The van der Waals surface area contributed by atoms with E-state index in [1.165, 1.54) is 0 Å². The van der Waals surface area contributed by atoms with Gasteiger partial charge in [-0.1, -0.05) is 231 Å². The van der Waals surface area contributed by atoms with Crippen LogP contribution in [0.4, 0.5) is 28.4 Å². The highest BCUT2D eigenvalue weighted by Gasteiger charge is 2.36. The van der Waals surface area contributed by atoms with Gasteiger partial charge in [-0.25, -0.2) is 0 Å². The van der Waals surface area contributed by atoms with Crippen molar-refractivity contribution in [2.24, 2.45) is 0 Å². The Balaban J connectivity index is 0.908. The standard InChI is InChI=1S/C79H50N2O3S/c1-5-23-51(24-6-1)55-43-56(52-25-7-2-8-26-52)46-59(45-55)80(69-39-21-37-66-63-33-17-19-41-73(63)82-77(66)69)71-49-75-76(65-35-15-13-31-61(65)71)79-68-36-16-14-32-62(68)72(50-85(79)84-75)81(70-40-22-38-67-64-34-18-20-42-74(64)83-78(67)70)60-47-57(53-27-9-3-10-28-53)44-58(48-60)54-29-11-4-12-30-54/h1-50H. The Morgan fingerprint density at radius 3 is 1.19 bits per heavy atom. The largest absolute Gasteiger partial charge is 0.454 e. The molecule has 0 amide bonds. The Labute approximate surface area is 493 Å². The fraction of sp³-hybridized carbons (Fsp3) is 0. The summed E-state index contributed by atoms with van der Waals surface area (Å²) in [6, 6.07) is 106. The first-order chi connectivity index (χ1) is 42.1. The summed E-state index contributed by atoms with van der Waals surface area (Å²) in [7, 11) is -0.884. The summed E-state index contributed by atoms with van der Waals surface area (Å²) in [5.74, 6) is 0.812. The van der Waals surface area contributed by atoms with Crippen LogP contribution < -0.4 is 14.0 Å². The Kier molecular flexibility index (Phi) is 11.4.